The van der Waals surface area contributed by atoms with Crippen LogP contribution in [0.25, 0.3) is 0 Å². The van der Waals surface area contributed by atoms with Gasteiger partial charge in [-0.25, -0.2) is 13.1 Å². The highest BCUT2D eigenvalue weighted by Crippen LogP contribution is 2.27. The molecule has 2 aromatic rings. The third-order valence-corrected chi connectivity index (χ3v) is 6.90. The molecule has 0 aromatic heterocycles. The summed E-state index contributed by atoms with van der Waals surface area (Å²) in [7, 11) is -3.60. The van der Waals surface area contributed by atoms with E-state index in [1.165, 1.54) is 35.4 Å². The van der Waals surface area contributed by atoms with Crippen LogP contribution in [0.15, 0.2) is 47.4 Å². The molecule has 0 bridgehead atoms. The van der Waals surface area contributed by atoms with Crippen LogP contribution >= 0.6 is 0 Å². The molecule has 0 saturated carbocycles. The van der Waals surface area contributed by atoms with Crippen molar-refractivity contribution in [3.05, 3.63) is 64.7 Å². The number of nitrogens with one attached hydrogen (secondary N) is 1. The van der Waals surface area contributed by atoms with Crippen LogP contribution in [0.4, 0.5) is 0 Å². The Bertz CT molecular complexity index is 972. The standard InChI is InChI=1S/C23H29N3O2S/c1-3-11-26(12-4-2)22-14-20-8-5-19(13-21(20)15-22)17-25-29(27,28)23-9-6-18(16-24)7-10-23/h5-10,13,22,25H,3-4,11-12,14-15,17H2,1-2H3/t22-/m1/s1. The second-order valence-corrected chi connectivity index (χ2v) is 9.43. The van der Waals surface area contributed by atoms with Crippen LogP contribution in [0, 0.1) is 11.3 Å². The van der Waals surface area contributed by atoms with Crippen LogP contribution in [-0.2, 0) is 29.4 Å². The van der Waals surface area contributed by atoms with Crippen molar-refractivity contribution < 1.29 is 8.42 Å². The lowest BCUT2D eigenvalue weighted by molar-refractivity contribution is 0.202. The summed E-state index contributed by atoms with van der Waals surface area (Å²) in [6, 6.07) is 14.8. The third kappa shape index (κ3) is 5.24. The monoisotopic (exact) mass is 411 g/mol. The van der Waals surface area contributed by atoms with Gasteiger partial charge in [-0.2, -0.15) is 5.26 Å². The zero-order chi connectivity index (χ0) is 20.9. The Morgan fingerprint density at radius 2 is 1.69 bits per heavy atom. The Morgan fingerprint density at radius 1 is 1.03 bits per heavy atom. The number of sulfonamides is 1. The van der Waals surface area contributed by atoms with E-state index >= 15 is 0 Å². The highest BCUT2D eigenvalue weighted by molar-refractivity contribution is 7.89. The molecule has 29 heavy (non-hydrogen) atoms. The van der Waals surface area contributed by atoms with E-state index in [-0.39, 0.29) is 11.4 Å². The first kappa shape index (κ1) is 21.5. The molecule has 1 aliphatic rings. The molecule has 0 aliphatic heterocycles. The Balaban J connectivity index is 1.66. The van der Waals surface area contributed by atoms with Gasteiger partial charge in [-0.15, -0.1) is 0 Å². The summed E-state index contributed by atoms with van der Waals surface area (Å²) in [6.07, 6.45) is 4.43. The maximum Gasteiger partial charge on any atom is 0.240 e. The van der Waals surface area contributed by atoms with Gasteiger partial charge in [0.15, 0.2) is 0 Å². The van der Waals surface area contributed by atoms with Crippen LogP contribution < -0.4 is 4.72 Å². The number of hydrogen-bond donors (Lipinski definition) is 1. The number of nitriles is 1. The van der Waals surface area contributed by atoms with Gasteiger partial charge in [-0.1, -0.05) is 32.0 Å². The minimum Gasteiger partial charge on any atom is -0.300 e. The minimum absolute atomic E-state index is 0.174. The van der Waals surface area contributed by atoms with E-state index in [2.05, 4.69) is 35.6 Å². The summed E-state index contributed by atoms with van der Waals surface area (Å²) in [4.78, 5) is 2.76. The Labute approximate surface area is 174 Å². The molecule has 0 fully saturated rings. The number of nitrogens with zero attached hydrogens (tertiary/aromatic N) is 2. The van der Waals surface area contributed by atoms with E-state index in [4.69, 9.17) is 5.26 Å². The summed E-state index contributed by atoms with van der Waals surface area (Å²) in [6.45, 7) is 6.97. The Morgan fingerprint density at radius 3 is 2.31 bits per heavy atom. The average molecular weight is 412 g/mol. The molecule has 0 amide bonds. The van der Waals surface area contributed by atoms with Gasteiger partial charge in [-0.3, -0.25) is 4.90 Å². The molecule has 0 radical (unpaired) electrons. The fourth-order valence-electron chi connectivity index (χ4n) is 4.04. The molecule has 1 N–H and O–H groups in total. The fourth-order valence-corrected chi connectivity index (χ4v) is 5.06. The molecular weight excluding hydrogens is 382 g/mol. The minimum atomic E-state index is -3.60. The SMILES string of the molecule is CCCN(CCC)[C@@H]1Cc2ccc(CNS(=O)(=O)c3ccc(C#N)cc3)cc2C1. The predicted molar refractivity (Wildman–Crippen MR) is 115 cm³/mol. The zero-order valence-corrected chi connectivity index (χ0v) is 18.0. The van der Waals surface area contributed by atoms with E-state index in [0.717, 1.165) is 44.3 Å². The maximum atomic E-state index is 12.5. The van der Waals surface area contributed by atoms with Crippen molar-refractivity contribution in [3.63, 3.8) is 0 Å². The van der Waals surface area contributed by atoms with Crippen molar-refractivity contribution >= 4 is 10.0 Å². The first-order chi connectivity index (χ1) is 14.0. The first-order valence-corrected chi connectivity index (χ1v) is 11.8. The van der Waals surface area contributed by atoms with Crippen LogP contribution in [0.3, 0.4) is 0 Å². The van der Waals surface area contributed by atoms with Gasteiger partial charge in [0, 0.05) is 12.6 Å². The third-order valence-electron chi connectivity index (χ3n) is 5.48. The quantitative estimate of drug-likeness (QED) is 0.684. The number of fused-ring (bicyclic) bond motifs is 1. The lowest BCUT2D eigenvalue weighted by Gasteiger charge is -2.27. The van der Waals surface area contributed by atoms with Gasteiger partial charge in [-0.05, 0) is 79.7 Å². The zero-order valence-electron chi connectivity index (χ0n) is 17.2. The van der Waals surface area contributed by atoms with Crippen molar-refractivity contribution in [2.45, 2.75) is 57.0 Å². The van der Waals surface area contributed by atoms with E-state index in [1.54, 1.807) is 0 Å². The van der Waals surface area contributed by atoms with Crippen molar-refractivity contribution in [1.29, 1.82) is 5.26 Å². The summed E-state index contributed by atoms with van der Waals surface area (Å²) in [5.41, 5.74) is 4.13. The normalized spacial score (nSPS) is 16.0. The molecule has 1 atom stereocenters. The molecule has 0 spiro atoms. The molecule has 6 heteroatoms. The molecule has 0 heterocycles. The van der Waals surface area contributed by atoms with Crippen LogP contribution in [0.5, 0.6) is 0 Å². The summed E-state index contributed by atoms with van der Waals surface area (Å²) >= 11 is 0. The van der Waals surface area contributed by atoms with E-state index in [0.29, 0.717) is 11.6 Å². The second kappa shape index (κ2) is 9.53. The molecule has 3 rings (SSSR count). The average Bonchev–Trinajstić information content (AvgIpc) is 3.15. The molecule has 5 nitrogen and oxygen atoms in total. The van der Waals surface area contributed by atoms with Gasteiger partial charge < -0.3 is 0 Å². The van der Waals surface area contributed by atoms with Crippen LogP contribution in [-0.4, -0.2) is 32.4 Å². The van der Waals surface area contributed by atoms with Gasteiger partial charge in [0.25, 0.3) is 0 Å². The van der Waals surface area contributed by atoms with Crippen LogP contribution in [0.2, 0.25) is 0 Å². The van der Waals surface area contributed by atoms with Crippen molar-refractivity contribution in [2.24, 2.45) is 0 Å². The molecular formula is C23H29N3O2S. The van der Waals surface area contributed by atoms with Crippen molar-refractivity contribution in [3.8, 4) is 6.07 Å². The van der Waals surface area contributed by atoms with E-state index in [1.807, 2.05) is 12.1 Å². The molecule has 0 unspecified atom stereocenters. The van der Waals surface area contributed by atoms with Gasteiger partial charge in [0.1, 0.15) is 0 Å². The Kier molecular flexibility index (Phi) is 7.07. The smallest absolute Gasteiger partial charge is 0.240 e. The largest absolute Gasteiger partial charge is 0.300 e. The van der Waals surface area contributed by atoms with Crippen LogP contribution in [0.1, 0.15) is 48.9 Å². The Hall–Kier alpha value is -2.20. The predicted octanol–water partition coefficient (Wildman–Crippen LogP) is 3.63. The summed E-state index contributed by atoms with van der Waals surface area (Å²) in [5, 5.41) is 8.85. The number of hydrogen-bond acceptors (Lipinski definition) is 4. The van der Waals surface area contributed by atoms with E-state index < -0.39 is 10.0 Å². The molecule has 2 aromatic carbocycles. The fraction of sp³-hybridized carbons (Fsp3) is 0.435. The molecule has 154 valence electrons. The first-order valence-electron chi connectivity index (χ1n) is 10.3. The highest BCUT2D eigenvalue weighted by atomic mass is 32.2. The molecule has 1 aliphatic carbocycles. The highest BCUT2D eigenvalue weighted by Gasteiger charge is 2.26. The topological polar surface area (TPSA) is 73.2 Å². The lowest BCUT2D eigenvalue weighted by atomic mass is 10.1. The number of benzene rings is 2. The number of rotatable bonds is 9. The summed E-state index contributed by atoms with van der Waals surface area (Å²) in [5.74, 6) is 0. The van der Waals surface area contributed by atoms with Gasteiger partial charge in [0.05, 0.1) is 16.5 Å². The van der Waals surface area contributed by atoms with Crippen molar-refractivity contribution in [2.75, 3.05) is 13.1 Å². The van der Waals surface area contributed by atoms with E-state index in [9.17, 15) is 8.42 Å². The van der Waals surface area contributed by atoms with Gasteiger partial charge >= 0.3 is 0 Å². The summed E-state index contributed by atoms with van der Waals surface area (Å²) < 4.78 is 27.7. The lowest BCUT2D eigenvalue weighted by Crippen LogP contribution is -2.37. The second-order valence-electron chi connectivity index (χ2n) is 7.66. The van der Waals surface area contributed by atoms with Gasteiger partial charge in [0.2, 0.25) is 10.0 Å². The van der Waals surface area contributed by atoms with Crippen molar-refractivity contribution in [1.82, 2.24) is 9.62 Å². The maximum absolute atomic E-state index is 12.5. The molecule has 0 saturated heterocycles.